The number of nitrogens with one attached hydrogen (secondary N) is 2. The van der Waals surface area contributed by atoms with Crippen molar-refractivity contribution in [2.45, 2.75) is 38.1 Å². The third kappa shape index (κ3) is 3.40. The highest BCUT2D eigenvalue weighted by molar-refractivity contribution is 6.33. The van der Waals surface area contributed by atoms with E-state index in [1.165, 1.54) is 12.6 Å². The Labute approximate surface area is 156 Å². The number of pyridine rings is 1. The summed E-state index contributed by atoms with van der Waals surface area (Å²) in [7, 11) is 0. The van der Waals surface area contributed by atoms with E-state index in [9.17, 15) is 14.4 Å². The van der Waals surface area contributed by atoms with Gasteiger partial charge in [-0.25, -0.2) is 9.69 Å². The maximum atomic E-state index is 12.5. The van der Waals surface area contributed by atoms with Crippen molar-refractivity contribution in [2.75, 3.05) is 10.2 Å². The molecule has 0 atom stereocenters. The van der Waals surface area contributed by atoms with Gasteiger partial charge in [-0.05, 0) is 49.2 Å². The maximum absolute atomic E-state index is 12.5. The number of aromatic nitrogens is 1. The molecule has 0 unspecified atom stereocenters. The topological polar surface area (TPSA) is 91.4 Å². The molecule has 2 aliphatic rings. The van der Waals surface area contributed by atoms with Crippen molar-refractivity contribution in [1.29, 1.82) is 0 Å². The summed E-state index contributed by atoms with van der Waals surface area (Å²) in [6.07, 6.45) is 7.05. The van der Waals surface area contributed by atoms with E-state index in [2.05, 4.69) is 15.6 Å². The van der Waals surface area contributed by atoms with Crippen molar-refractivity contribution in [1.82, 2.24) is 10.3 Å². The van der Waals surface area contributed by atoms with Gasteiger partial charge in [-0.1, -0.05) is 19.3 Å². The van der Waals surface area contributed by atoms with Crippen LogP contribution in [0.4, 0.5) is 16.2 Å². The normalized spacial score (nSPS) is 17.0. The Morgan fingerprint density at radius 3 is 2.44 bits per heavy atom. The van der Waals surface area contributed by atoms with Gasteiger partial charge in [0.1, 0.15) is 5.69 Å². The Morgan fingerprint density at radius 2 is 1.74 bits per heavy atom. The molecule has 4 rings (SSSR count). The molecule has 1 aliphatic carbocycles. The summed E-state index contributed by atoms with van der Waals surface area (Å²) in [5.74, 6) is -0.829. The third-order valence-corrected chi connectivity index (χ3v) is 4.97. The lowest BCUT2D eigenvalue weighted by Crippen LogP contribution is -2.39. The summed E-state index contributed by atoms with van der Waals surface area (Å²) in [5.41, 5.74) is 1.51. The van der Waals surface area contributed by atoms with Gasteiger partial charge in [-0.15, -0.1) is 0 Å². The molecule has 1 aliphatic heterocycles. The summed E-state index contributed by atoms with van der Waals surface area (Å²) in [6, 6.07) is 9.83. The predicted molar refractivity (Wildman–Crippen MR) is 101 cm³/mol. The van der Waals surface area contributed by atoms with Crippen molar-refractivity contribution in [3.05, 3.63) is 53.9 Å². The molecular formula is C20H20N4O3. The molecule has 2 aromatic rings. The molecule has 7 nitrogen and oxygen atoms in total. The molecule has 2 heterocycles. The van der Waals surface area contributed by atoms with Gasteiger partial charge in [0.15, 0.2) is 0 Å². The van der Waals surface area contributed by atoms with E-state index < -0.39 is 5.91 Å². The van der Waals surface area contributed by atoms with E-state index in [0.29, 0.717) is 16.9 Å². The fraction of sp³-hybridized carbons (Fsp3) is 0.300. The molecule has 27 heavy (non-hydrogen) atoms. The first kappa shape index (κ1) is 17.2. The third-order valence-electron chi connectivity index (χ3n) is 4.97. The Hall–Kier alpha value is -3.22. The second kappa shape index (κ2) is 7.19. The fourth-order valence-corrected chi connectivity index (χ4v) is 3.59. The van der Waals surface area contributed by atoms with Crippen LogP contribution in [-0.4, -0.2) is 28.9 Å². The molecule has 0 radical (unpaired) electrons. The molecular weight excluding hydrogens is 344 g/mol. The molecule has 1 fully saturated rings. The van der Waals surface area contributed by atoms with Gasteiger partial charge in [0.25, 0.3) is 11.8 Å². The number of benzene rings is 1. The van der Waals surface area contributed by atoms with Gasteiger partial charge in [0.05, 0.1) is 11.3 Å². The van der Waals surface area contributed by atoms with Crippen molar-refractivity contribution in [3.63, 3.8) is 0 Å². The maximum Gasteiger partial charge on any atom is 0.319 e. The van der Waals surface area contributed by atoms with Crippen LogP contribution in [0.15, 0.2) is 42.6 Å². The quantitative estimate of drug-likeness (QED) is 0.817. The second-order valence-corrected chi connectivity index (χ2v) is 6.83. The lowest BCUT2D eigenvalue weighted by atomic mass is 9.96. The Bertz CT molecular complexity index is 853. The largest absolute Gasteiger partial charge is 0.335 e. The van der Waals surface area contributed by atoms with E-state index in [4.69, 9.17) is 0 Å². The molecule has 1 aromatic heterocycles. The van der Waals surface area contributed by atoms with Gasteiger partial charge in [0, 0.05) is 17.9 Å². The molecule has 4 amide bonds. The number of imide groups is 1. The number of carbonyl (C=O) groups excluding carboxylic acids is 3. The minimum atomic E-state index is -0.439. The van der Waals surface area contributed by atoms with Crippen molar-refractivity contribution in [3.8, 4) is 0 Å². The van der Waals surface area contributed by atoms with Crippen molar-refractivity contribution < 1.29 is 14.4 Å². The molecule has 0 spiro atoms. The van der Waals surface area contributed by atoms with Gasteiger partial charge >= 0.3 is 6.03 Å². The number of rotatable bonds is 3. The Morgan fingerprint density at radius 1 is 1.00 bits per heavy atom. The van der Waals surface area contributed by atoms with Crippen LogP contribution in [0.2, 0.25) is 0 Å². The minimum Gasteiger partial charge on any atom is -0.335 e. The van der Waals surface area contributed by atoms with E-state index >= 15 is 0 Å². The number of amides is 4. The zero-order valence-corrected chi connectivity index (χ0v) is 14.8. The van der Waals surface area contributed by atoms with Gasteiger partial charge in [0.2, 0.25) is 0 Å². The molecule has 0 bridgehead atoms. The minimum absolute atomic E-state index is 0.163. The molecule has 7 heteroatoms. The molecule has 2 N–H and O–H groups in total. The van der Waals surface area contributed by atoms with Crippen LogP contribution in [0.3, 0.4) is 0 Å². The van der Waals surface area contributed by atoms with Gasteiger partial charge < -0.3 is 10.6 Å². The smallest absolute Gasteiger partial charge is 0.319 e. The fourth-order valence-electron chi connectivity index (χ4n) is 3.59. The summed E-state index contributed by atoms with van der Waals surface area (Å²) in [5, 5.41) is 5.78. The van der Waals surface area contributed by atoms with Gasteiger partial charge in [-0.3, -0.25) is 14.6 Å². The van der Waals surface area contributed by atoms with Crippen LogP contribution >= 0.6 is 0 Å². The predicted octanol–water partition coefficient (Wildman–Crippen LogP) is 3.34. The number of nitrogens with zero attached hydrogens (tertiary/aromatic N) is 2. The van der Waals surface area contributed by atoms with Crippen LogP contribution in [0.1, 0.15) is 53.0 Å². The number of fused-ring (bicyclic) bond motifs is 1. The highest BCUT2D eigenvalue weighted by atomic mass is 16.2. The van der Waals surface area contributed by atoms with Crippen molar-refractivity contribution in [2.24, 2.45) is 0 Å². The molecule has 138 valence electrons. The Kier molecular flexibility index (Phi) is 4.58. The van der Waals surface area contributed by atoms with E-state index in [0.717, 1.165) is 30.6 Å². The van der Waals surface area contributed by atoms with Crippen molar-refractivity contribution >= 4 is 29.2 Å². The number of carbonyl (C=O) groups is 3. The van der Waals surface area contributed by atoms with Crippen LogP contribution in [-0.2, 0) is 0 Å². The highest BCUT2D eigenvalue weighted by Gasteiger charge is 2.37. The first-order valence-electron chi connectivity index (χ1n) is 9.15. The molecule has 1 aromatic carbocycles. The summed E-state index contributed by atoms with van der Waals surface area (Å²) >= 11 is 0. The first-order chi connectivity index (χ1) is 13.1. The second-order valence-electron chi connectivity index (χ2n) is 6.83. The summed E-state index contributed by atoms with van der Waals surface area (Å²) < 4.78 is 0. The number of urea groups is 1. The van der Waals surface area contributed by atoms with Crippen LogP contribution in [0.5, 0.6) is 0 Å². The van der Waals surface area contributed by atoms with Gasteiger partial charge in [-0.2, -0.15) is 0 Å². The number of anilines is 2. The monoisotopic (exact) mass is 364 g/mol. The van der Waals surface area contributed by atoms with Crippen LogP contribution < -0.4 is 15.5 Å². The van der Waals surface area contributed by atoms with E-state index in [1.54, 1.807) is 36.4 Å². The summed E-state index contributed by atoms with van der Waals surface area (Å²) in [4.78, 5) is 42.2. The summed E-state index contributed by atoms with van der Waals surface area (Å²) in [6.45, 7) is 0. The number of hydrogen-bond acceptors (Lipinski definition) is 4. The number of hydrogen-bond donors (Lipinski definition) is 2. The first-order valence-corrected chi connectivity index (χ1v) is 9.15. The van der Waals surface area contributed by atoms with E-state index in [1.807, 2.05) is 0 Å². The molecule has 1 saturated carbocycles. The van der Waals surface area contributed by atoms with Crippen LogP contribution in [0.25, 0.3) is 0 Å². The highest BCUT2D eigenvalue weighted by Crippen LogP contribution is 2.28. The van der Waals surface area contributed by atoms with Crippen LogP contribution in [0, 0.1) is 0 Å². The zero-order valence-electron chi connectivity index (χ0n) is 14.8. The zero-order chi connectivity index (χ0) is 18.8. The average Bonchev–Trinajstić information content (AvgIpc) is 2.94. The lowest BCUT2D eigenvalue weighted by Gasteiger charge is -2.23. The average molecular weight is 364 g/mol. The SMILES string of the molecule is O=C(Nc1ccc(N2C(=O)c3cccnc3C2=O)cc1)NC1CCCCC1. The lowest BCUT2D eigenvalue weighted by molar-refractivity contribution is 0.0924. The Balaban J connectivity index is 1.43. The molecule has 0 saturated heterocycles. The standard InChI is InChI=1S/C20H20N4O3/c25-18-16-7-4-12-21-17(16)19(26)24(18)15-10-8-14(9-11-15)23-20(27)22-13-5-2-1-3-6-13/h4,7-13H,1-3,5-6H2,(H2,22,23,27). The van der Waals surface area contributed by atoms with E-state index in [-0.39, 0.29) is 23.7 Å².